The van der Waals surface area contributed by atoms with Crippen molar-refractivity contribution in [3.8, 4) is 0 Å². The molecule has 0 N–H and O–H groups in total. The molecule has 1 aromatic rings. The third-order valence-electron chi connectivity index (χ3n) is 0.679. The quantitative estimate of drug-likeness (QED) is 0.586. The molecule has 0 aliphatic heterocycles. The molecule has 0 saturated heterocycles. The van der Waals surface area contributed by atoms with Gasteiger partial charge in [-0.25, -0.2) is 4.98 Å². The molecule has 1 rings (SSSR count). The van der Waals surface area contributed by atoms with Gasteiger partial charge in [-0.15, -0.1) is 0 Å². The number of rotatable bonds is 1. The smallest absolute Gasteiger partial charge is 0.105 e. The van der Waals surface area contributed by atoms with Gasteiger partial charge in [0.25, 0.3) is 0 Å². The van der Waals surface area contributed by atoms with Gasteiger partial charge in [0.05, 0.1) is 0 Å². The lowest BCUT2D eigenvalue weighted by atomic mass is 11.0. The molecular formula is C3H4N2S3. The molecule has 0 aliphatic carbocycles. The largest absolute Gasteiger partial charge is 0.277 e. The van der Waals surface area contributed by atoms with E-state index in [0.29, 0.717) is 0 Å². The average Bonchev–Trinajstić information content (AvgIpc) is 2.12. The molecule has 1 heterocycles. The molecule has 0 atom stereocenters. The molecule has 0 fully saturated rings. The monoisotopic (exact) mass is 164 g/mol. The lowest BCUT2D eigenvalue weighted by molar-refractivity contribution is 1.24. The summed E-state index contributed by atoms with van der Waals surface area (Å²) in [4.78, 5) is 3.79. The maximum atomic E-state index is 4.80. The summed E-state index contributed by atoms with van der Waals surface area (Å²) in [6.07, 6.45) is 5.10. The maximum absolute atomic E-state index is 4.80. The van der Waals surface area contributed by atoms with Gasteiger partial charge in [0.15, 0.2) is 0 Å². The van der Waals surface area contributed by atoms with Crippen LogP contribution in [0.2, 0.25) is 0 Å². The Morgan fingerprint density at radius 2 is 2.25 bits per heavy atom. The van der Waals surface area contributed by atoms with Crippen LogP contribution in [0.3, 0.4) is 0 Å². The van der Waals surface area contributed by atoms with Gasteiger partial charge >= 0.3 is 0 Å². The van der Waals surface area contributed by atoms with Gasteiger partial charge in [0.1, 0.15) is 6.33 Å². The second-order valence-corrected chi connectivity index (χ2v) is 4.89. The summed E-state index contributed by atoms with van der Waals surface area (Å²) < 4.78 is 1.75. The molecule has 0 aliphatic rings. The minimum atomic E-state index is -0.838. The van der Waals surface area contributed by atoms with Crippen molar-refractivity contribution in [2.45, 2.75) is 0 Å². The van der Waals surface area contributed by atoms with E-state index in [-0.39, 0.29) is 0 Å². The summed E-state index contributed by atoms with van der Waals surface area (Å²) in [6.45, 7) is 0. The second-order valence-electron chi connectivity index (χ2n) is 1.18. The molecule has 0 saturated carbocycles. The van der Waals surface area contributed by atoms with Crippen LogP contribution < -0.4 is 0 Å². The highest BCUT2D eigenvalue weighted by Crippen LogP contribution is 1.81. The van der Waals surface area contributed by atoms with Gasteiger partial charge in [0.2, 0.25) is 0 Å². The molecule has 0 unspecified atom stereocenters. The Labute approximate surface area is 58.5 Å². The molecule has 5 heteroatoms. The van der Waals surface area contributed by atoms with Gasteiger partial charge in [-0.1, -0.05) is 0 Å². The van der Waals surface area contributed by atoms with Crippen LogP contribution in [0.5, 0.6) is 0 Å². The minimum absolute atomic E-state index is 0.838. The van der Waals surface area contributed by atoms with Gasteiger partial charge in [-0.2, -0.15) is 0 Å². The van der Waals surface area contributed by atoms with Gasteiger partial charge in [0, 0.05) is 12.4 Å². The summed E-state index contributed by atoms with van der Waals surface area (Å²) in [5.74, 6) is 0. The van der Waals surface area contributed by atoms with Crippen molar-refractivity contribution in [1.29, 1.82) is 0 Å². The van der Waals surface area contributed by atoms with Gasteiger partial charge < -0.3 is 0 Å². The number of thiol groups is 1. The van der Waals surface area contributed by atoms with Crippen LogP contribution >= 0.6 is 0 Å². The summed E-state index contributed by atoms with van der Waals surface area (Å²) in [7, 11) is -0.838. The molecule has 0 amide bonds. The van der Waals surface area contributed by atoms with Crippen molar-refractivity contribution in [2.75, 3.05) is 0 Å². The molecule has 0 aromatic carbocycles. The van der Waals surface area contributed by atoms with Crippen molar-refractivity contribution in [3.05, 3.63) is 18.7 Å². The van der Waals surface area contributed by atoms with Crippen LogP contribution in [0.4, 0.5) is 0 Å². The molecule has 1 aromatic heterocycles. The zero-order valence-electron chi connectivity index (χ0n) is 3.89. The lowest BCUT2D eigenvalue weighted by Gasteiger charge is -1.85. The van der Waals surface area contributed by atoms with Crippen molar-refractivity contribution in [2.24, 2.45) is 0 Å². The van der Waals surface area contributed by atoms with Crippen LogP contribution in [0.25, 0.3) is 0 Å². The molecule has 44 valence electrons. The molecular weight excluding hydrogens is 160 g/mol. The number of nitrogens with zero attached hydrogens (tertiary/aromatic N) is 2. The summed E-state index contributed by atoms with van der Waals surface area (Å²) in [6, 6.07) is 0. The van der Waals surface area contributed by atoms with Crippen molar-refractivity contribution in [1.82, 2.24) is 8.96 Å². The van der Waals surface area contributed by atoms with E-state index >= 15 is 0 Å². The third kappa shape index (κ3) is 1.24. The Morgan fingerprint density at radius 3 is 2.50 bits per heavy atom. The Kier molecular flexibility index (Phi) is 1.93. The van der Waals surface area contributed by atoms with E-state index in [0.717, 1.165) is 0 Å². The zero-order valence-corrected chi connectivity index (χ0v) is 6.42. The first kappa shape index (κ1) is 6.12. The lowest BCUT2D eigenvalue weighted by Crippen LogP contribution is -1.85. The third-order valence-corrected chi connectivity index (χ3v) is 2.42. The highest BCUT2D eigenvalue weighted by molar-refractivity contribution is 8.45. The average molecular weight is 164 g/mol. The second kappa shape index (κ2) is 2.52. The first-order valence-electron chi connectivity index (χ1n) is 1.93. The number of hydrogen-bond donors (Lipinski definition) is 1. The summed E-state index contributed by atoms with van der Waals surface area (Å²) in [5.41, 5.74) is 0. The van der Waals surface area contributed by atoms with Crippen LogP contribution in [0.1, 0.15) is 0 Å². The topological polar surface area (TPSA) is 17.8 Å². The van der Waals surface area contributed by atoms with Crippen LogP contribution in [-0.4, -0.2) is 8.96 Å². The van der Waals surface area contributed by atoms with E-state index in [1.165, 1.54) is 0 Å². The van der Waals surface area contributed by atoms with Crippen LogP contribution in [0.15, 0.2) is 18.7 Å². The highest BCUT2D eigenvalue weighted by atomic mass is 33.1. The van der Waals surface area contributed by atoms with Crippen molar-refractivity contribution in [3.63, 3.8) is 0 Å². The molecule has 2 nitrogen and oxygen atoms in total. The normalized spacial score (nSPS) is 10.1. The summed E-state index contributed by atoms with van der Waals surface area (Å²) in [5, 5.41) is 0. The first-order valence-corrected chi connectivity index (χ1v) is 5.25. The van der Waals surface area contributed by atoms with Gasteiger partial charge in [-0.05, 0) is 30.6 Å². The van der Waals surface area contributed by atoms with E-state index in [1.54, 1.807) is 22.7 Å². The molecule has 0 bridgehead atoms. The fourth-order valence-electron chi connectivity index (χ4n) is 0.349. The minimum Gasteiger partial charge on any atom is -0.277 e. The maximum Gasteiger partial charge on any atom is 0.105 e. The number of hydrogen-bond acceptors (Lipinski definition) is 3. The van der Waals surface area contributed by atoms with E-state index < -0.39 is 8.20 Å². The summed E-state index contributed by atoms with van der Waals surface area (Å²) >= 11 is 9.60. The van der Waals surface area contributed by atoms with Crippen molar-refractivity contribution < 1.29 is 0 Å². The Hall–Kier alpha value is -0.000000000000000167. The highest BCUT2D eigenvalue weighted by Gasteiger charge is 1.78. The Bertz CT molecular complexity index is 215. The predicted octanol–water partition coefficient (Wildman–Crippen LogP) is -0.0794. The molecule has 0 spiro atoms. The first-order chi connectivity index (χ1) is 3.80. The van der Waals surface area contributed by atoms with E-state index in [2.05, 4.69) is 4.98 Å². The van der Waals surface area contributed by atoms with E-state index in [1.807, 2.05) is 0 Å². The molecule has 0 radical (unpaired) electrons. The Morgan fingerprint density at radius 1 is 1.50 bits per heavy atom. The number of aromatic nitrogens is 2. The standard InChI is InChI=1S/C3H4N2S3/c6-8(7)5-2-1-4-3-5/h1-3,8H. The fourth-order valence-corrected chi connectivity index (χ4v) is 1.24. The van der Waals surface area contributed by atoms with Crippen LogP contribution in [0, 0.1) is 0 Å². The SMILES string of the molecule is S=[SH](=S)n1ccnc1. The number of imidazole rings is 1. The van der Waals surface area contributed by atoms with E-state index in [4.69, 9.17) is 22.4 Å². The van der Waals surface area contributed by atoms with Crippen molar-refractivity contribution >= 4 is 30.6 Å². The van der Waals surface area contributed by atoms with E-state index in [9.17, 15) is 0 Å². The Balaban J connectivity index is 3.11. The zero-order chi connectivity index (χ0) is 5.98. The van der Waals surface area contributed by atoms with Gasteiger partial charge in [-0.3, -0.25) is 3.97 Å². The molecule has 8 heavy (non-hydrogen) atoms. The fraction of sp³-hybridized carbons (Fsp3) is 0. The predicted molar refractivity (Wildman–Crippen MR) is 41.1 cm³/mol. The van der Waals surface area contributed by atoms with Crippen LogP contribution in [-0.2, 0) is 30.6 Å².